The Labute approximate surface area is 115 Å². The molecule has 6 nitrogen and oxygen atoms in total. The van der Waals surface area contributed by atoms with Gasteiger partial charge in [-0.05, 0) is 31.2 Å². The molecule has 0 unspecified atom stereocenters. The fourth-order valence-electron chi connectivity index (χ4n) is 1.86. The Morgan fingerprint density at radius 3 is 3.00 bits per heavy atom. The van der Waals surface area contributed by atoms with Crippen molar-refractivity contribution < 1.29 is 4.42 Å². The summed E-state index contributed by atoms with van der Waals surface area (Å²) in [6.07, 6.45) is 3.08. The molecule has 0 aliphatic rings. The lowest BCUT2D eigenvalue weighted by atomic mass is 10.2. The summed E-state index contributed by atoms with van der Waals surface area (Å²) in [6.45, 7) is 2.51. The highest BCUT2D eigenvalue weighted by molar-refractivity contribution is 5.60. The van der Waals surface area contributed by atoms with Crippen molar-refractivity contribution in [1.29, 1.82) is 0 Å². The molecule has 0 aliphatic heterocycles. The molecule has 0 spiro atoms. The van der Waals surface area contributed by atoms with Crippen molar-refractivity contribution in [2.75, 3.05) is 5.32 Å². The van der Waals surface area contributed by atoms with E-state index in [1.807, 2.05) is 37.3 Å². The van der Waals surface area contributed by atoms with Crippen LogP contribution in [0.4, 0.5) is 5.69 Å². The number of rotatable bonds is 4. The van der Waals surface area contributed by atoms with E-state index in [2.05, 4.69) is 25.5 Å². The maximum absolute atomic E-state index is 5.18. The van der Waals surface area contributed by atoms with Gasteiger partial charge in [-0.15, -0.1) is 10.2 Å². The fraction of sp³-hybridized carbons (Fsp3) is 0.143. The second kappa shape index (κ2) is 5.48. The van der Waals surface area contributed by atoms with Crippen molar-refractivity contribution in [2.24, 2.45) is 0 Å². The minimum atomic E-state index is 0.506. The molecule has 1 N–H and O–H groups in total. The maximum atomic E-state index is 5.18. The van der Waals surface area contributed by atoms with Gasteiger partial charge in [0.25, 0.3) is 0 Å². The van der Waals surface area contributed by atoms with Crippen molar-refractivity contribution in [2.45, 2.75) is 13.5 Å². The number of nitrogens with zero attached hydrogens (tertiary/aromatic N) is 4. The predicted octanol–water partition coefficient (Wildman–Crippen LogP) is 2.45. The summed E-state index contributed by atoms with van der Waals surface area (Å²) >= 11 is 0. The summed E-state index contributed by atoms with van der Waals surface area (Å²) in [6, 6.07) is 9.69. The van der Waals surface area contributed by atoms with Gasteiger partial charge < -0.3 is 9.73 Å². The Morgan fingerprint density at radius 1 is 1.25 bits per heavy atom. The number of aryl methyl sites for hydroxylation is 1. The smallest absolute Gasteiger partial charge is 0.247 e. The zero-order valence-corrected chi connectivity index (χ0v) is 10.9. The molecule has 0 bridgehead atoms. The number of hydrogen-bond donors (Lipinski definition) is 1. The molecule has 3 rings (SSSR count). The monoisotopic (exact) mass is 267 g/mol. The van der Waals surface area contributed by atoms with E-state index in [-0.39, 0.29) is 0 Å². The zero-order chi connectivity index (χ0) is 13.8. The standard InChI is InChI=1S/C14H13N5O/c1-10-15-6-5-13(18-10)8-16-12-4-2-3-11(7-12)14-19-17-9-20-14/h2-7,9,16H,8H2,1H3. The molecule has 0 atom stereocenters. The fourth-order valence-corrected chi connectivity index (χ4v) is 1.86. The second-order valence-corrected chi connectivity index (χ2v) is 4.27. The lowest BCUT2D eigenvalue weighted by Gasteiger charge is -2.07. The van der Waals surface area contributed by atoms with Crippen LogP contribution in [0, 0.1) is 6.92 Å². The minimum absolute atomic E-state index is 0.506. The molecule has 2 heterocycles. The van der Waals surface area contributed by atoms with E-state index >= 15 is 0 Å². The molecule has 2 aromatic heterocycles. The van der Waals surface area contributed by atoms with Crippen molar-refractivity contribution in [1.82, 2.24) is 20.2 Å². The van der Waals surface area contributed by atoms with E-state index in [0.717, 1.165) is 22.8 Å². The number of hydrogen-bond acceptors (Lipinski definition) is 6. The van der Waals surface area contributed by atoms with Crippen molar-refractivity contribution in [3.8, 4) is 11.5 Å². The third kappa shape index (κ3) is 2.80. The topological polar surface area (TPSA) is 76.7 Å². The molecule has 0 aliphatic carbocycles. The Kier molecular flexibility index (Phi) is 3.36. The minimum Gasteiger partial charge on any atom is -0.423 e. The first-order chi connectivity index (χ1) is 9.81. The van der Waals surface area contributed by atoms with Crippen LogP contribution < -0.4 is 5.32 Å². The van der Waals surface area contributed by atoms with E-state index in [1.54, 1.807) is 6.20 Å². The molecule has 20 heavy (non-hydrogen) atoms. The van der Waals surface area contributed by atoms with E-state index in [9.17, 15) is 0 Å². The third-order valence-corrected chi connectivity index (χ3v) is 2.78. The van der Waals surface area contributed by atoms with Crippen molar-refractivity contribution >= 4 is 5.69 Å². The van der Waals surface area contributed by atoms with Gasteiger partial charge in [0.2, 0.25) is 12.3 Å². The number of nitrogens with one attached hydrogen (secondary N) is 1. The quantitative estimate of drug-likeness (QED) is 0.782. The van der Waals surface area contributed by atoms with Gasteiger partial charge in [0.15, 0.2) is 0 Å². The molecule has 0 saturated heterocycles. The molecule has 6 heteroatoms. The van der Waals surface area contributed by atoms with E-state index in [0.29, 0.717) is 12.4 Å². The van der Waals surface area contributed by atoms with Crippen LogP contribution in [0.2, 0.25) is 0 Å². The second-order valence-electron chi connectivity index (χ2n) is 4.27. The van der Waals surface area contributed by atoms with Gasteiger partial charge in [-0.2, -0.15) is 0 Å². The Morgan fingerprint density at radius 2 is 2.20 bits per heavy atom. The van der Waals surface area contributed by atoms with Crippen LogP contribution in [-0.4, -0.2) is 20.2 Å². The summed E-state index contributed by atoms with van der Waals surface area (Å²) in [5.41, 5.74) is 2.80. The first-order valence-electron chi connectivity index (χ1n) is 6.20. The van der Waals surface area contributed by atoms with Gasteiger partial charge in [0, 0.05) is 17.4 Å². The Bertz CT molecular complexity index is 696. The first kappa shape index (κ1) is 12.3. The van der Waals surface area contributed by atoms with Crippen LogP contribution in [0.5, 0.6) is 0 Å². The summed E-state index contributed by atoms with van der Waals surface area (Å²) in [5, 5.41) is 10.9. The molecule has 0 fully saturated rings. The average Bonchev–Trinajstić information content (AvgIpc) is 3.00. The summed E-state index contributed by atoms with van der Waals surface area (Å²) in [5.74, 6) is 1.27. The first-order valence-corrected chi connectivity index (χ1v) is 6.20. The lowest BCUT2D eigenvalue weighted by Crippen LogP contribution is -2.03. The third-order valence-electron chi connectivity index (χ3n) is 2.78. The zero-order valence-electron chi connectivity index (χ0n) is 10.9. The highest BCUT2D eigenvalue weighted by Gasteiger charge is 2.04. The summed E-state index contributed by atoms with van der Waals surface area (Å²) in [4.78, 5) is 8.42. The van der Waals surface area contributed by atoms with E-state index in [1.165, 1.54) is 6.39 Å². The summed E-state index contributed by atoms with van der Waals surface area (Å²) < 4.78 is 5.18. The van der Waals surface area contributed by atoms with Gasteiger partial charge in [0.05, 0.1) is 12.2 Å². The molecular formula is C14H13N5O. The molecule has 0 saturated carbocycles. The van der Waals surface area contributed by atoms with Gasteiger partial charge >= 0.3 is 0 Å². The average molecular weight is 267 g/mol. The van der Waals surface area contributed by atoms with Crippen LogP contribution in [-0.2, 0) is 6.54 Å². The van der Waals surface area contributed by atoms with Crippen LogP contribution in [0.1, 0.15) is 11.5 Å². The van der Waals surface area contributed by atoms with Crippen LogP contribution in [0.15, 0.2) is 47.3 Å². The van der Waals surface area contributed by atoms with Crippen LogP contribution in [0.3, 0.4) is 0 Å². The highest BCUT2D eigenvalue weighted by Crippen LogP contribution is 2.20. The van der Waals surface area contributed by atoms with Crippen LogP contribution >= 0.6 is 0 Å². The highest BCUT2D eigenvalue weighted by atomic mass is 16.4. The van der Waals surface area contributed by atoms with Gasteiger partial charge in [-0.3, -0.25) is 0 Å². The largest absolute Gasteiger partial charge is 0.423 e. The van der Waals surface area contributed by atoms with Gasteiger partial charge in [0.1, 0.15) is 5.82 Å². The van der Waals surface area contributed by atoms with E-state index in [4.69, 9.17) is 4.42 Å². The Balaban J connectivity index is 1.73. The molecular weight excluding hydrogens is 254 g/mol. The molecule has 1 aromatic carbocycles. The molecule has 0 amide bonds. The molecule has 0 radical (unpaired) electrons. The SMILES string of the molecule is Cc1nccc(CNc2cccc(-c3nnco3)c2)n1. The Hall–Kier alpha value is -2.76. The normalized spacial score (nSPS) is 10.4. The van der Waals surface area contributed by atoms with Crippen molar-refractivity contribution in [3.05, 3.63) is 54.4 Å². The lowest BCUT2D eigenvalue weighted by molar-refractivity contribution is 0.568. The van der Waals surface area contributed by atoms with E-state index < -0.39 is 0 Å². The molecule has 100 valence electrons. The van der Waals surface area contributed by atoms with Gasteiger partial charge in [-0.25, -0.2) is 9.97 Å². The number of benzene rings is 1. The predicted molar refractivity (Wildman–Crippen MR) is 73.8 cm³/mol. The molecule has 3 aromatic rings. The number of aromatic nitrogens is 4. The number of anilines is 1. The van der Waals surface area contributed by atoms with Crippen LogP contribution in [0.25, 0.3) is 11.5 Å². The summed E-state index contributed by atoms with van der Waals surface area (Å²) in [7, 11) is 0. The van der Waals surface area contributed by atoms with Gasteiger partial charge in [-0.1, -0.05) is 6.07 Å². The maximum Gasteiger partial charge on any atom is 0.247 e. The van der Waals surface area contributed by atoms with Crippen molar-refractivity contribution in [3.63, 3.8) is 0 Å².